The zero-order valence-electron chi connectivity index (χ0n) is 16.3. The molecule has 1 aromatic rings. The van der Waals surface area contributed by atoms with Crippen LogP contribution in [0.1, 0.15) is 39.2 Å². The molecule has 1 heterocycles. The molecule has 0 spiro atoms. The Kier molecular flexibility index (Phi) is 5.88. The molecule has 0 radical (unpaired) electrons. The summed E-state index contributed by atoms with van der Waals surface area (Å²) in [5, 5.41) is 13.4. The summed E-state index contributed by atoms with van der Waals surface area (Å²) >= 11 is 0. The predicted molar refractivity (Wildman–Crippen MR) is 104 cm³/mol. The quantitative estimate of drug-likeness (QED) is 0.820. The third-order valence-electron chi connectivity index (χ3n) is 5.44. The fraction of sp³-hybridized carbons (Fsp3) is 0.667. The standard InChI is InChI=1S/C21H33N3O2/c1-16-14-23(11-12-24(16)15-21(2,3)26)20(25)22-19(18-9-10-18)13-17-7-5-4-6-8-17/h4-8,16,18-19,26H,9-15H2,1-3H3,(H,22,25). The van der Waals surface area contributed by atoms with E-state index in [-0.39, 0.29) is 18.1 Å². The van der Waals surface area contributed by atoms with Gasteiger partial charge in [0, 0.05) is 38.3 Å². The minimum atomic E-state index is -0.703. The highest BCUT2D eigenvalue weighted by Gasteiger charge is 2.35. The average Bonchev–Trinajstić information content (AvgIpc) is 3.41. The van der Waals surface area contributed by atoms with Crippen molar-refractivity contribution in [2.24, 2.45) is 5.92 Å². The number of hydrogen-bond acceptors (Lipinski definition) is 3. The van der Waals surface area contributed by atoms with Gasteiger partial charge in [-0.1, -0.05) is 30.3 Å². The smallest absolute Gasteiger partial charge is 0.317 e. The molecular weight excluding hydrogens is 326 g/mol. The minimum absolute atomic E-state index is 0.0626. The van der Waals surface area contributed by atoms with Crippen molar-refractivity contribution in [2.45, 2.75) is 57.7 Å². The van der Waals surface area contributed by atoms with Gasteiger partial charge in [0.2, 0.25) is 0 Å². The number of carbonyl (C=O) groups is 1. The van der Waals surface area contributed by atoms with Gasteiger partial charge in [-0.2, -0.15) is 0 Å². The number of piperazine rings is 1. The predicted octanol–water partition coefficient (Wildman–Crippen LogP) is 2.49. The molecule has 5 heteroatoms. The van der Waals surface area contributed by atoms with E-state index in [0.717, 1.165) is 19.5 Å². The molecule has 5 nitrogen and oxygen atoms in total. The van der Waals surface area contributed by atoms with Gasteiger partial charge >= 0.3 is 6.03 Å². The number of benzene rings is 1. The van der Waals surface area contributed by atoms with Crippen LogP contribution >= 0.6 is 0 Å². The monoisotopic (exact) mass is 359 g/mol. The molecule has 0 bridgehead atoms. The molecule has 2 aliphatic rings. The second kappa shape index (κ2) is 7.97. The van der Waals surface area contributed by atoms with Gasteiger partial charge in [-0.05, 0) is 51.5 Å². The maximum absolute atomic E-state index is 12.8. The van der Waals surface area contributed by atoms with Gasteiger partial charge in [0.15, 0.2) is 0 Å². The molecule has 26 heavy (non-hydrogen) atoms. The fourth-order valence-corrected chi connectivity index (χ4v) is 3.86. The van der Waals surface area contributed by atoms with E-state index < -0.39 is 5.60 Å². The summed E-state index contributed by atoms with van der Waals surface area (Å²) in [6.07, 6.45) is 3.34. The molecule has 2 unspecified atom stereocenters. The SMILES string of the molecule is CC1CN(C(=O)NC(Cc2ccccc2)C2CC2)CCN1CC(C)(C)O. The molecule has 1 aromatic carbocycles. The van der Waals surface area contributed by atoms with E-state index >= 15 is 0 Å². The highest BCUT2D eigenvalue weighted by molar-refractivity contribution is 5.74. The molecule has 1 aliphatic heterocycles. The lowest BCUT2D eigenvalue weighted by atomic mass is 10.0. The highest BCUT2D eigenvalue weighted by atomic mass is 16.3. The van der Waals surface area contributed by atoms with Crippen LogP contribution in [0.4, 0.5) is 4.79 Å². The molecule has 2 amide bonds. The Balaban J connectivity index is 1.54. The largest absolute Gasteiger partial charge is 0.389 e. The number of rotatable bonds is 6. The summed E-state index contributed by atoms with van der Waals surface area (Å²) in [5.74, 6) is 0.619. The van der Waals surface area contributed by atoms with E-state index in [0.29, 0.717) is 19.0 Å². The Morgan fingerprint density at radius 3 is 2.54 bits per heavy atom. The maximum Gasteiger partial charge on any atom is 0.317 e. The summed E-state index contributed by atoms with van der Waals surface area (Å²) in [7, 11) is 0. The van der Waals surface area contributed by atoms with Crippen LogP contribution in [0.15, 0.2) is 30.3 Å². The first-order valence-corrected chi connectivity index (χ1v) is 9.87. The van der Waals surface area contributed by atoms with Crippen LogP contribution in [0.2, 0.25) is 0 Å². The highest BCUT2D eigenvalue weighted by Crippen LogP contribution is 2.34. The van der Waals surface area contributed by atoms with E-state index in [1.165, 1.54) is 18.4 Å². The summed E-state index contributed by atoms with van der Waals surface area (Å²) in [6, 6.07) is 11.0. The van der Waals surface area contributed by atoms with Crippen LogP contribution in [0.25, 0.3) is 0 Å². The lowest BCUT2D eigenvalue weighted by Gasteiger charge is -2.42. The molecule has 2 fully saturated rings. The second-order valence-electron chi connectivity index (χ2n) is 8.66. The fourth-order valence-electron chi connectivity index (χ4n) is 3.86. The number of carbonyl (C=O) groups excluding carboxylic acids is 1. The lowest BCUT2D eigenvalue weighted by Crippen LogP contribution is -2.59. The third kappa shape index (κ3) is 5.45. The van der Waals surface area contributed by atoms with Crippen molar-refractivity contribution in [3.63, 3.8) is 0 Å². The Bertz CT molecular complexity index is 595. The zero-order valence-corrected chi connectivity index (χ0v) is 16.3. The van der Waals surface area contributed by atoms with Crippen molar-refractivity contribution in [3.05, 3.63) is 35.9 Å². The van der Waals surface area contributed by atoms with Crippen LogP contribution in [0.3, 0.4) is 0 Å². The second-order valence-corrected chi connectivity index (χ2v) is 8.66. The Morgan fingerprint density at radius 1 is 1.27 bits per heavy atom. The lowest BCUT2D eigenvalue weighted by molar-refractivity contribution is 0.00273. The number of urea groups is 1. The van der Waals surface area contributed by atoms with Gasteiger partial charge < -0.3 is 15.3 Å². The normalized spacial score (nSPS) is 22.9. The number of nitrogens with zero attached hydrogens (tertiary/aromatic N) is 2. The molecule has 3 rings (SSSR count). The third-order valence-corrected chi connectivity index (χ3v) is 5.44. The van der Waals surface area contributed by atoms with Crippen molar-refractivity contribution in [3.8, 4) is 0 Å². The first kappa shape index (κ1) is 19.2. The van der Waals surface area contributed by atoms with Crippen molar-refractivity contribution in [1.82, 2.24) is 15.1 Å². The van der Waals surface area contributed by atoms with Crippen molar-refractivity contribution >= 4 is 6.03 Å². The van der Waals surface area contributed by atoms with Gasteiger partial charge in [0.25, 0.3) is 0 Å². The molecule has 2 atom stereocenters. The summed E-state index contributed by atoms with van der Waals surface area (Å²) in [4.78, 5) is 17.0. The van der Waals surface area contributed by atoms with Crippen molar-refractivity contribution in [1.29, 1.82) is 0 Å². The first-order valence-electron chi connectivity index (χ1n) is 9.87. The molecule has 144 valence electrons. The first-order chi connectivity index (χ1) is 12.3. The van der Waals surface area contributed by atoms with Crippen molar-refractivity contribution in [2.75, 3.05) is 26.2 Å². The van der Waals surface area contributed by atoms with Gasteiger partial charge in [0.05, 0.1) is 5.60 Å². The Morgan fingerprint density at radius 2 is 1.96 bits per heavy atom. The number of nitrogens with one attached hydrogen (secondary N) is 1. The van der Waals surface area contributed by atoms with Gasteiger partial charge in [-0.25, -0.2) is 4.79 Å². The molecule has 2 N–H and O–H groups in total. The molecule has 1 saturated heterocycles. The number of β-amino-alcohol motifs (C(OH)–C–C–N with tert-alkyl or cyclic N) is 1. The van der Waals surface area contributed by atoms with Crippen LogP contribution in [0, 0.1) is 5.92 Å². The molecule has 1 aliphatic carbocycles. The van der Waals surface area contributed by atoms with E-state index in [2.05, 4.69) is 41.4 Å². The van der Waals surface area contributed by atoms with E-state index in [9.17, 15) is 9.90 Å². The van der Waals surface area contributed by atoms with Gasteiger partial charge in [-0.15, -0.1) is 0 Å². The number of hydrogen-bond donors (Lipinski definition) is 2. The summed E-state index contributed by atoms with van der Waals surface area (Å²) < 4.78 is 0. The molecule has 1 saturated carbocycles. The Hall–Kier alpha value is -1.59. The number of amides is 2. The molecular formula is C21H33N3O2. The summed E-state index contributed by atoms with van der Waals surface area (Å²) in [5.41, 5.74) is 0.582. The maximum atomic E-state index is 12.8. The zero-order chi connectivity index (χ0) is 18.7. The summed E-state index contributed by atoms with van der Waals surface area (Å²) in [6.45, 7) is 8.69. The van der Waals surface area contributed by atoms with E-state index in [1.54, 1.807) is 0 Å². The van der Waals surface area contributed by atoms with Gasteiger partial charge in [-0.3, -0.25) is 4.90 Å². The topological polar surface area (TPSA) is 55.8 Å². The van der Waals surface area contributed by atoms with Crippen molar-refractivity contribution < 1.29 is 9.90 Å². The van der Waals surface area contributed by atoms with E-state index in [1.807, 2.05) is 24.8 Å². The Labute approximate surface area is 157 Å². The van der Waals surface area contributed by atoms with E-state index in [4.69, 9.17) is 0 Å². The van der Waals surface area contributed by atoms with Crippen LogP contribution < -0.4 is 5.32 Å². The average molecular weight is 360 g/mol. The van der Waals surface area contributed by atoms with Crippen LogP contribution in [-0.2, 0) is 6.42 Å². The number of aliphatic hydroxyl groups is 1. The van der Waals surface area contributed by atoms with Gasteiger partial charge in [0.1, 0.15) is 0 Å². The molecule has 0 aromatic heterocycles. The van der Waals surface area contributed by atoms with Crippen LogP contribution in [-0.4, -0.2) is 64.8 Å². The minimum Gasteiger partial charge on any atom is -0.389 e. The van der Waals surface area contributed by atoms with Crippen LogP contribution in [0.5, 0.6) is 0 Å².